The van der Waals surface area contributed by atoms with Crippen LogP contribution in [0.1, 0.15) is 19.8 Å². The van der Waals surface area contributed by atoms with Crippen LogP contribution in [0.3, 0.4) is 0 Å². The second-order valence-electron chi connectivity index (χ2n) is 5.23. The molecular weight excluding hydrogens is 276 g/mol. The Labute approximate surface area is 124 Å². The summed E-state index contributed by atoms with van der Waals surface area (Å²) in [4.78, 5) is 16.1. The van der Waals surface area contributed by atoms with Gasteiger partial charge in [-0.05, 0) is 37.6 Å². The summed E-state index contributed by atoms with van der Waals surface area (Å²) in [7, 11) is 0. The molecular formula is C15H21ClN2O2. The van der Waals surface area contributed by atoms with Crippen molar-refractivity contribution in [3.63, 3.8) is 0 Å². The highest BCUT2D eigenvalue weighted by molar-refractivity contribution is 6.30. The average Bonchev–Trinajstić information content (AvgIpc) is 2.46. The van der Waals surface area contributed by atoms with Gasteiger partial charge in [0.15, 0.2) is 0 Å². The molecule has 0 aliphatic carbocycles. The van der Waals surface area contributed by atoms with Crippen molar-refractivity contribution in [1.82, 2.24) is 4.90 Å². The third-order valence-corrected chi connectivity index (χ3v) is 3.85. The van der Waals surface area contributed by atoms with E-state index in [2.05, 4.69) is 4.90 Å². The Morgan fingerprint density at radius 1 is 1.25 bits per heavy atom. The van der Waals surface area contributed by atoms with Crippen LogP contribution in [0, 0.1) is 0 Å². The first kappa shape index (κ1) is 15.1. The fourth-order valence-electron chi connectivity index (χ4n) is 2.36. The smallest absolute Gasteiger partial charge is 0.222 e. The van der Waals surface area contributed by atoms with Gasteiger partial charge in [-0.1, -0.05) is 11.6 Å². The van der Waals surface area contributed by atoms with Crippen molar-refractivity contribution in [2.24, 2.45) is 0 Å². The Kier molecular flexibility index (Phi) is 5.26. The molecule has 4 nitrogen and oxygen atoms in total. The Hall–Kier alpha value is -1.26. The zero-order valence-corrected chi connectivity index (χ0v) is 12.5. The molecule has 110 valence electrons. The predicted molar refractivity (Wildman–Crippen MR) is 81.2 cm³/mol. The molecule has 1 aromatic carbocycles. The molecule has 2 rings (SSSR count). The quantitative estimate of drug-likeness (QED) is 0.926. The van der Waals surface area contributed by atoms with Gasteiger partial charge in [-0.25, -0.2) is 0 Å². The number of hydrogen-bond donors (Lipinski definition) is 1. The molecule has 1 N–H and O–H groups in total. The lowest BCUT2D eigenvalue weighted by molar-refractivity contribution is -0.132. The highest BCUT2D eigenvalue weighted by Gasteiger charge is 2.21. The van der Waals surface area contributed by atoms with Crippen LogP contribution in [0.2, 0.25) is 5.02 Å². The van der Waals surface area contributed by atoms with Crippen LogP contribution in [-0.4, -0.2) is 48.2 Å². The van der Waals surface area contributed by atoms with E-state index in [9.17, 15) is 9.90 Å². The van der Waals surface area contributed by atoms with Crippen molar-refractivity contribution in [3.05, 3.63) is 29.3 Å². The van der Waals surface area contributed by atoms with Crippen molar-refractivity contribution >= 4 is 23.2 Å². The number of aliphatic hydroxyl groups excluding tert-OH is 1. The summed E-state index contributed by atoms with van der Waals surface area (Å²) in [5, 5.41) is 9.96. The monoisotopic (exact) mass is 296 g/mol. The molecule has 1 amide bonds. The van der Waals surface area contributed by atoms with E-state index in [1.807, 2.05) is 29.2 Å². The zero-order chi connectivity index (χ0) is 14.5. The first-order chi connectivity index (χ1) is 9.56. The molecule has 1 atom stereocenters. The molecule has 0 spiro atoms. The third-order valence-electron chi connectivity index (χ3n) is 3.60. The number of benzene rings is 1. The van der Waals surface area contributed by atoms with Gasteiger partial charge in [0.2, 0.25) is 5.91 Å². The van der Waals surface area contributed by atoms with Gasteiger partial charge in [-0.3, -0.25) is 4.79 Å². The molecule has 0 aromatic heterocycles. The van der Waals surface area contributed by atoms with E-state index in [1.54, 1.807) is 6.92 Å². The largest absolute Gasteiger partial charge is 0.393 e. The molecule has 1 heterocycles. The Bertz CT molecular complexity index is 440. The summed E-state index contributed by atoms with van der Waals surface area (Å²) in [6.07, 6.45) is 0.559. The molecule has 1 aromatic rings. The lowest BCUT2D eigenvalue weighted by atomic mass is 10.2. The maximum absolute atomic E-state index is 12.0. The molecule has 5 heteroatoms. The molecule has 1 fully saturated rings. The van der Waals surface area contributed by atoms with E-state index in [1.165, 1.54) is 0 Å². The maximum atomic E-state index is 12.0. The predicted octanol–water partition coefficient (Wildman–Crippen LogP) is 2.15. The van der Waals surface area contributed by atoms with Crippen LogP contribution in [-0.2, 0) is 4.79 Å². The van der Waals surface area contributed by atoms with E-state index < -0.39 is 6.10 Å². The lowest BCUT2D eigenvalue weighted by Crippen LogP contribution is -2.48. The van der Waals surface area contributed by atoms with Gasteiger partial charge in [0.1, 0.15) is 0 Å². The summed E-state index contributed by atoms with van der Waals surface area (Å²) in [6.45, 7) is 4.86. The van der Waals surface area contributed by atoms with Crippen molar-refractivity contribution in [2.45, 2.75) is 25.9 Å². The Morgan fingerprint density at radius 2 is 1.85 bits per heavy atom. The highest BCUT2D eigenvalue weighted by atomic mass is 35.5. The minimum absolute atomic E-state index is 0.140. The number of piperazine rings is 1. The molecule has 0 radical (unpaired) electrons. The van der Waals surface area contributed by atoms with Crippen molar-refractivity contribution < 1.29 is 9.90 Å². The number of anilines is 1. The fraction of sp³-hybridized carbons (Fsp3) is 0.533. The second kappa shape index (κ2) is 6.95. The zero-order valence-electron chi connectivity index (χ0n) is 11.8. The van der Waals surface area contributed by atoms with Crippen LogP contribution >= 0.6 is 11.6 Å². The summed E-state index contributed by atoms with van der Waals surface area (Å²) in [5.41, 5.74) is 1.14. The Morgan fingerprint density at radius 3 is 2.40 bits per heavy atom. The molecule has 0 saturated carbocycles. The topological polar surface area (TPSA) is 43.8 Å². The van der Waals surface area contributed by atoms with Crippen LogP contribution in [0.4, 0.5) is 5.69 Å². The highest BCUT2D eigenvalue weighted by Crippen LogP contribution is 2.19. The van der Waals surface area contributed by atoms with Gasteiger partial charge >= 0.3 is 0 Å². The van der Waals surface area contributed by atoms with Crippen LogP contribution < -0.4 is 4.90 Å². The van der Waals surface area contributed by atoms with Gasteiger partial charge in [-0.2, -0.15) is 0 Å². The summed E-state index contributed by atoms with van der Waals surface area (Å²) >= 11 is 5.88. The summed E-state index contributed by atoms with van der Waals surface area (Å²) in [5.74, 6) is 0.140. The van der Waals surface area contributed by atoms with Crippen LogP contribution in [0.25, 0.3) is 0 Å². The van der Waals surface area contributed by atoms with E-state index in [4.69, 9.17) is 11.6 Å². The number of amides is 1. The van der Waals surface area contributed by atoms with E-state index in [0.717, 1.165) is 36.9 Å². The summed E-state index contributed by atoms with van der Waals surface area (Å²) < 4.78 is 0. The van der Waals surface area contributed by atoms with E-state index >= 15 is 0 Å². The second-order valence-corrected chi connectivity index (χ2v) is 5.67. The number of aliphatic hydroxyl groups is 1. The SMILES string of the molecule is CC(O)CCC(=O)N1CCN(c2ccc(Cl)cc2)CC1. The van der Waals surface area contributed by atoms with Gasteiger partial charge in [-0.15, -0.1) is 0 Å². The normalized spacial score (nSPS) is 17.1. The third kappa shape index (κ3) is 4.12. The molecule has 0 bridgehead atoms. The summed E-state index contributed by atoms with van der Waals surface area (Å²) in [6, 6.07) is 7.79. The molecule has 1 saturated heterocycles. The van der Waals surface area contributed by atoms with Gasteiger partial charge in [0.25, 0.3) is 0 Å². The van der Waals surface area contributed by atoms with Gasteiger partial charge in [0.05, 0.1) is 6.10 Å². The number of halogens is 1. The van der Waals surface area contributed by atoms with Gasteiger partial charge in [0, 0.05) is 43.3 Å². The number of carbonyl (C=O) groups is 1. The molecule has 20 heavy (non-hydrogen) atoms. The van der Waals surface area contributed by atoms with E-state index in [0.29, 0.717) is 12.8 Å². The van der Waals surface area contributed by atoms with Crippen molar-refractivity contribution in [3.8, 4) is 0 Å². The first-order valence-corrected chi connectivity index (χ1v) is 7.40. The average molecular weight is 297 g/mol. The van der Waals surface area contributed by atoms with E-state index in [-0.39, 0.29) is 5.91 Å². The lowest BCUT2D eigenvalue weighted by Gasteiger charge is -2.36. The number of carbonyl (C=O) groups excluding carboxylic acids is 1. The fourth-order valence-corrected chi connectivity index (χ4v) is 2.48. The number of hydrogen-bond acceptors (Lipinski definition) is 3. The molecule has 1 unspecified atom stereocenters. The minimum Gasteiger partial charge on any atom is -0.393 e. The Balaban J connectivity index is 1.83. The molecule has 1 aliphatic rings. The van der Waals surface area contributed by atoms with Crippen molar-refractivity contribution in [2.75, 3.05) is 31.1 Å². The molecule has 1 aliphatic heterocycles. The van der Waals surface area contributed by atoms with Crippen molar-refractivity contribution in [1.29, 1.82) is 0 Å². The van der Waals surface area contributed by atoms with Crippen LogP contribution in [0.5, 0.6) is 0 Å². The number of rotatable bonds is 4. The van der Waals surface area contributed by atoms with Gasteiger partial charge < -0.3 is 14.9 Å². The standard InChI is InChI=1S/C15H21ClN2O2/c1-12(19)2-7-15(20)18-10-8-17(9-11-18)14-5-3-13(16)4-6-14/h3-6,12,19H,2,7-11H2,1H3. The van der Waals surface area contributed by atoms with Crippen LogP contribution in [0.15, 0.2) is 24.3 Å². The maximum Gasteiger partial charge on any atom is 0.222 e. The minimum atomic E-state index is -0.408. The number of nitrogens with zero attached hydrogens (tertiary/aromatic N) is 2. The first-order valence-electron chi connectivity index (χ1n) is 7.02.